The second-order valence-corrected chi connectivity index (χ2v) is 7.94. The van der Waals surface area contributed by atoms with Gasteiger partial charge in [0.05, 0.1) is 12.9 Å². The summed E-state index contributed by atoms with van der Waals surface area (Å²) in [6.07, 6.45) is 7.26. The summed E-state index contributed by atoms with van der Waals surface area (Å²) in [6, 6.07) is 8.14. The van der Waals surface area contributed by atoms with E-state index in [1.807, 2.05) is 47.7 Å². The van der Waals surface area contributed by atoms with Crippen molar-refractivity contribution in [1.29, 1.82) is 0 Å². The molecule has 7 heteroatoms. The van der Waals surface area contributed by atoms with Crippen LogP contribution >= 0.6 is 11.8 Å². The highest BCUT2D eigenvalue weighted by atomic mass is 32.2. The van der Waals surface area contributed by atoms with Gasteiger partial charge in [-0.2, -0.15) is 0 Å². The monoisotopic (exact) mass is 388 g/mol. The molecule has 27 heavy (non-hydrogen) atoms. The summed E-state index contributed by atoms with van der Waals surface area (Å²) in [5.41, 5.74) is 0.963. The molecule has 1 heterocycles. The minimum atomic E-state index is 0.161. The van der Waals surface area contributed by atoms with Crippen molar-refractivity contribution in [2.45, 2.75) is 56.6 Å². The van der Waals surface area contributed by atoms with Gasteiger partial charge in [-0.15, -0.1) is 10.2 Å². The molecule has 3 rings (SSSR count). The molecule has 0 unspecified atom stereocenters. The van der Waals surface area contributed by atoms with E-state index in [-0.39, 0.29) is 5.91 Å². The van der Waals surface area contributed by atoms with E-state index in [1.165, 1.54) is 37.4 Å². The first-order chi connectivity index (χ1) is 13.1. The van der Waals surface area contributed by atoms with Crippen LogP contribution < -0.4 is 4.74 Å². The van der Waals surface area contributed by atoms with E-state index in [1.54, 1.807) is 7.11 Å². The van der Waals surface area contributed by atoms with Crippen molar-refractivity contribution >= 4 is 17.7 Å². The Kier molecular flexibility index (Phi) is 6.77. The smallest absolute Gasteiger partial charge is 0.233 e. The molecule has 1 aromatic carbocycles. The number of ether oxygens (including phenoxy) is 1. The van der Waals surface area contributed by atoms with Crippen LogP contribution in [0.25, 0.3) is 5.69 Å². The van der Waals surface area contributed by atoms with Crippen molar-refractivity contribution < 1.29 is 9.53 Å². The first kappa shape index (κ1) is 19.7. The van der Waals surface area contributed by atoms with Crippen molar-refractivity contribution in [2.75, 3.05) is 19.9 Å². The molecule has 1 aliphatic rings. The molecule has 1 aliphatic carbocycles. The summed E-state index contributed by atoms with van der Waals surface area (Å²) < 4.78 is 7.20. The molecule has 0 spiro atoms. The minimum absolute atomic E-state index is 0.161. The van der Waals surface area contributed by atoms with E-state index < -0.39 is 0 Å². The first-order valence-corrected chi connectivity index (χ1v) is 10.5. The normalized spacial score (nSPS) is 15.4. The molecular weight excluding hydrogens is 360 g/mol. The van der Waals surface area contributed by atoms with Gasteiger partial charge in [0.2, 0.25) is 5.91 Å². The molecule has 2 aromatic rings. The number of hydrogen-bond donors (Lipinski definition) is 0. The zero-order chi connectivity index (χ0) is 19.2. The third-order valence-electron chi connectivity index (χ3n) is 5.22. The maximum atomic E-state index is 12.7. The van der Waals surface area contributed by atoms with Crippen LogP contribution in [-0.4, -0.2) is 51.5 Å². The van der Waals surface area contributed by atoms with Gasteiger partial charge >= 0.3 is 0 Å². The third kappa shape index (κ3) is 4.83. The van der Waals surface area contributed by atoms with Gasteiger partial charge in [0.15, 0.2) is 5.16 Å². The average molecular weight is 389 g/mol. The Morgan fingerprint density at radius 1 is 1.19 bits per heavy atom. The molecule has 0 aliphatic heterocycles. The predicted octanol–water partition coefficient (Wildman–Crippen LogP) is 3.86. The fourth-order valence-corrected chi connectivity index (χ4v) is 4.46. The Labute approximate surface area is 165 Å². The lowest BCUT2D eigenvalue weighted by Gasteiger charge is -2.27. The molecule has 0 bridgehead atoms. The Hall–Kier alpha value is -2.02. The number of aromatic nitrogens is 3. The van der Waals surface area contributed by atoms with Gasteiger partial charge in [-0.25, -0.2) is 0 Å². The van der Waals surface area contributed by atoms with E-state index in [0.29, 0.717) is 11.8 Å². The first-order valence-electron chi connectivity index (χ1n) is 9.55. The molecule has 1 aromatic heterocycles. The second-order valence-electron chi connectivity index (χ2n) is 7.00. The topological polar surface area (TPSA) is 60.2 Å². The molecule has 0 radical (unpaired) electrons. The van der Waals surface area contributed by atoms with Crippen LogP contribution in [0, 0.1) is 6.92 Å². The predicted molar refractivity (Wildman–Crippen MR) is 108 cm³/mol. The summed E-state index contributed by atoms with van der Waals surface area (Å²) in [5.74, 6) is 2.14. The van der Waals surface area contributed by atoms with Crippen molar-refractivity contribution in [1.82, 2.24) is 19.7 Å². The summed E-state index contributed by atoms with van der Waals surface area (Å²) in [4.78, 5) is 14.6. The molecule has 0 atom stereocenters. The molecule has 1 saturated carbocycles. The summed E-state index contributed by atoms with van der Waals surface area (Å²) in [5, 5.41) is 9.20. The Bertz CT molecular complexity index is 752. The van der Waals surface area contributed by atoms with Crippen molar-refractivity contribution in [2.24, 2.45) is 0 Å². The number of carbonyl (C=O) groups excluding carboxylic acids is 1. The number of benzene rings is 1. The van der Waals surface area contributed by atoms with E-state index in [4.69, 9.17) is 4.74 Å². The SMILES string of the molecule is COc1ccc(-n2c(C)nnc2SCC(=O)N(C)C2CCCCCC2)cc1. The maximum absolute atomic E-state index is 12.7. The summed E-state index contributed by atoms with van der Waals surface area (Å²) in [6.45, 7) is 1.92. The molecule has 1 fully saturated rings. The Morgan fingerprint density at radius 3 is 2.48 bits per heavy atom. The fraction of sp³-hybridized carbons (Fsp3) is 0.550. The highest BCUT2D eigenvalue weighted by molar-refractivity contribution is 7.99. The average Bonchev–Trinajstić information content (AvgIpc) is 2.88. The lowest BCUT2D eigenvalue weighted by atomic mass is 10.1. The number of aryl methyl sites for hydroxylation is 1. The Morgan fingerprint density at radius 2 is 1.85 bits per heavy atom. The lowest BCUT2D eigenvalue weighted by molar-refractivity contribution is -0.129. The van der Waals surface area contributed by atoms with Crippen LogP contribution in [0.4, 0.5) is 0 Å². The molecule has 146 valence electrons. The zero-order valence-corrected chi connectivity index (χ0v) is 17.2. The number of amides is 1. The molecule has 1 amide bonds. The van der Waals surface area contributed by atoms with Crippen LogP contribution in [0.5, 0.6) is 5.75 Å². The van der Waals surface area contributed by atoms with Crippen molar-refractivity contribution in [3.63, 3.8) is 0 Å². The van der Waals surface area contributed by atoms with Gasteiger partial charge in [-0.1, -0.05) is 37.4 Å². The van der Waals surface area contributed by atoms with Crippen LogP contribution in [0.15, 0.2) is 29.4 Å². The van der Waals surface area contributed by atoms with Gasteiger partial charge in [0.1, 0.15) is 11.6 Å². The second kappa shape index (κ2) is 9.26. The van der Waals surface area contributed by atoms with Crippen LogP contribution in [0.3, 0.4) is 0 Å². The number of thioether (sulfide) groups is 1. The zero-order valence-electron chi connectivity index (χ0n) is 16.4. The van der Waals surface area contributed by atoms with E-state index in [0.717, 1.165) is 35.3 Å². The summed E-state index contributed by atoms with van der Waals surface area (Å²) in [7, 11) is 3.59. The van der Waals surface area contributed by atoms with E-state index in [9.17, 15) is 4.79 Å². The number of rotatable bonds is 6. The number of carbonyl (C=O) groups is 1. The number of nitrogens with zero attached hydrogens (tertiary/aromatic N) is 4. The molecule has 0 saturated heterocycles. The largest absolute Gasteiger partial charge is 0.497 e. The molecular formula is C20H28N4O2S. The van der Waals surface area contributed by atoms with Gasteiger partial charge in [-0.05, 0) is 44.0 Å². The highest BCUT2D eigenvalue weighted by Crippen LogP contribution is 2.25. The van der Waals surface area contributed by atoms with Gasteiger partial charge in [0, 0.05) is 18.8 Å². The van der Waals surface area contributed by atoms with Crippen LogP contribution in [0.1, 0.15) is 44.3 Å². The van der Waals surface area contributed by atoms with Gasteiger partial charge < -0.3 is 9.64 Å². The number of hydrogen-bond acceptors (Lipinski definition) is 5. The van der Waals surface area contributed by atoms with E-state index >= 15 is 0 Å². The standard InChI is InChI=1S/C20H28N4O2S/c1-15-21-22-20(24(15)17-10-12-18(26-3)13-11-17)27-14-19(25)23(2)16-8-6-4-5-7-9-16/h10-13,16H,4-9,14H2,1-3H3. The van der Waals surface area contributed by atoms with Crippen molar-refractivity contribution in [3.05, 3.63) is 30.1 Å². The Balaban J connectivity index is 1.66. The third-order valence-corrected chi connectivity index (χ3v) is 6.13. The summed E-state index contributed by atoms with van der Waals surface area (Å²) >= 11 is 1.45. The van der Waals surface area contributed by atoms with Gasteiger partial charge in [0.25, 0.3) is 0 Å². The maximum Gasteiger partial charge on any atom is 0.233 e. The lowest BCUT2D eigenvalue weighted by Crippen LogP contribution is -2.37. The van der Waals surface area contributed by atoms with Crippen LogP contribution in [-0.2, 0) is 4.79 Å². The quantitative estimate of drug-likeness (QED) is 0.555. The van der Waals surface area contributed by atoms with Gasteiger partial charge in [-0.3, -0.25) is 9.36 Å². The van der Waals surface area contributed by atoms with E-state index in [2.05, 4.69) is 10.2 Å². The fourth-order valence-electron chi connectivity index (χ4n) is 3.54. The van der Waals surface area contributed by atoms with Crippen LogP contribution in [0.2, 0.25) is 0 Å². The molecule has 6 nitrogen and oxygen atoms in total. The molecule has 0 N–H and O–H groups in total. The minimum Gasteiger partial charge on any atom is -0.497 e. The number of methoxy groups -OCH3 is 1. The van der Waals surface area contributed by atoms with Crippen molar-refractivity contribution in [3.8, 4) is 11.4 Å². The highest BCUT2D eigenvalue weighted by Gasteiger charge is 2.22.